The Morgan fingerprint density at radius 1 is 1.12 bits per heavy atom. The molecule has 0 bridgehead atoms. The van der Waals surface area contributed by atoms with Gasteiger partial charge in [-0.05, 0) is 34.1 Å². The molecule has 0 aliphatic rings. The number of sulfonamides is 1. The lowest BCUT2D eigenvalue weighted by Gasteiger charge is -2.13. The Balaban J connectivity index is 3.57. The highest BCUT2D eigenvalue weighted by molar-refractivity contribution is 9.10. The Hall–Kier alpha value is -0.440. The molecule has 0 unspecified atom stereocenters. The predicted octanol–water partition coefficient (Wildman–Crippen LogP) is 1.10. The highest BCUT2D eigenvalue weighted by Crippen LogP contribution is 2.26. The zero-order valence-corrected chi connectivity index (χ0v) is 12.7. The van der Waals surface area contributed by atoms with E-state index < -0.39 is 19.9 Å². The molecule has 8 heteroatoms. The van der Waals surface area contributed by atoms with Crippen LogP contribution in [0.1, 0.15) is 0 Å². The van der Waals surface area contributed by atoms with Crippen molar-refractivity contribution >= 4 is 35.8 Å². The number of rotatable bonds is 3. The van der Waals surface area contributed by atoms with Crippen molar-refractivity contribution in [3.63, 3.8) is 0 Å². The lowest BCUT2D eigenvalue weighted by Crippen LogP contribution is -2.22. The Bertz CT molecular complexity index is 635. The summed E-state index contributed by atoms with van der Waals surface area (Å²) in [7, 11) is -4.33. The van der Waals surface area contributed by atoms with Crippen molar-refractivity contribution in [3.8, 4) is 0 Å². The maximum Gasteiger partial charge on any atom is 0.243 e. The Kier molecular flexibility index (Phi) is 4.02. The first-order chi connectivity index (χ1) is 7.56. The van der Waals surface area contributed by atoms with Crippen LogP contribution in [-0.4, -0.2) is 41.5 Å². The fraction of sp³-hybridized carbons (Fsp3) is 0.333. The van der Waals surface area contributed by atoms with Crippen LogP contribution in [-0.2, 0) is 19.9 Å². The zero-order valence-electron chi connectivity index (χ0n) is 9.51. The summed E-state index contributed by atoms with van der Waals surface area (Å²) in [6, 6.07) is 3.91. The van der Waals surface area contributed by atoms with Gasteiger partial charge in [-0.2, -0.15) is 0 Å². The van der Waals surface area contributed by atoms with Crippen LogP contribution in [0.4, 0.5) is 0 Å². The van der Waals surface area contributed by atoms with Crippen LogP contribution in [0.15, 0.2) is 32.5 Å². The number of hydrogen-bond acceptors (Lipinski definition) is 4. The van der Waals surface area contributed by atoms with Crippen molar-refractivity contribution in [2.45, 2.75) is 9.79 Å². The second-order valence-electron chi connectivity index (χ2n) is 3.65. The monoisotopic (exact) mass is 341 g/mol. The summed E-state index contributed by atoms with van der Waals surface area (Å²) >= 11 is 3.10. The fourth-order valence-electron chi connectivity index (χ4n) is 1.11. The van der Waals surface area contributed by atoms with Gasteiger partial charge in [0.15, 0.2) is 9.84 Å². The summed E-state index contributed by atoms with van der Waals surface area (Å²) in [6.07, 6.45) is 1.03. The minimum atomic E-state index is -3.67. The van der Waals surface area contributed by atoms with Crippen molar-refractivity contribution in [2.75, 3.05) is 20.4 Å². The Morgan fingerprint density at radius 2 is 1.65 bits per heavy atom. The number of hydrogen-bond donors (Lipinski definition) is 0. The van der Waals surface area contributed by atoms with Crippen LogP contribution >= 0.6 is 15.9 Å². The second-order valence-corrected chi connectivity index (χ2v) is 8.64. The zero-order chi connectivity index (χ0) is 13.4. The van der Waals surface area contributed by atoms with E-state index in [1.54, 1.807) is 0 Å². The van der Waals surface area contributed by atoms with Crippen LogP contribution in [0.2, 0.25) is 0 Å². The van der Waals surface area contributed by atoms with Crippen LogP contribution in [0.25, 0.3) is 0 Å². The van der Waals surface area contributed by atoms with Crippen molar-refractivity contribution in [3.05, 3.63) is 22.7 Å². The highest BCUT2D eigenvalue weighted by atomic mass is 79.9. The molecule has 1 aromatic rings. The van der Waals surface area contributed by atoms with E-state index in [1.165, 1.54) is 26.2 Å². The van der Waals surface area contributed by atoms with Crippen molar-refractivity contribution in [1.29, 1.82) is 0 Å². The Morgan fingerprint density at radius 3 is 2.06 bits per heavy atom. The molecule has 17 heavy (non-hydrogen) atoms. The van der Waals surface area contributed by atoms with Crippen molar-refractivity contribution in [1.82, 2.24) is 4.31 Å². The largest absolute Gasteiger partial charge is 0.243 e. The van der Waals surface area contributed by atoms with E-state index >= 15 is 0 Å². The lowest BCUT2D eigenvalue weighted by atomic mass is 10.4. The van der Waals surface area contributed by atoms with E-state index in [1.807, 2.05) is 0 Å². The molecule has 0 fully saturated rings. The van der Waals surface area contributed by atoms with Crippen LogP contribution < -0.4 is 0 Å². The molecule has 0 N–H and O–H groups in total. The van der Waals surface area contributed by atoms with Gasteiger partial charge in [-0.25, -0.2) is 21.1 Å². The van der Waals surface area contributed by atoms with E-state index in [2.05, 4.69) is 15.9 Å². The normalized spacial score (nSPS) is 13.0. The summed E-state index contributed by atoms with van der Waals surface area (Å²) < 4.78 is 48.0. The van der Waals surface area contributed by atoms with Gasteiger partial charge in [-0.3, -0.25) is 0 Å². The van der Waals surface area contributed by atoms with E-state index in [4.69, 9.17) is 0 Å². The van der Waals surface area contributed by atoms with Gasteiger partial charge in [0, 0.05) is 24.8 Å². The first-order valence-corrected chi connectivity index (χ1v) is 8.61. The average Bonchev–Trinajstić information content (AvgIpc) is 2.15. The van der Waals surface area contributed by atoms with Gasteiger partial charge in [0.25, 0.3) is 0 Å². The molecule has 0 radical (unpaired) electrons. The summed E-state index contributed by atoms with van der Waals surface area (Å²) in [5, 5.41) is 0. The van der Waals surface area contributed by atoms with Gasteiger partial charge in [-0.15, -0.1) is 0 Å². The quantitative estimate of drug-likeness (QED) is 0.825. The highest BCUT2D eigenvalue weighted by Gasteiger charge is 2.22. The molecular formula is C9H12BrNO4S2. The maximum atomic E-state index is 11.9. The maximum absolute atomic E-state index is 11.9. The fourth-order valence-corrected chi connectivity index (χ4v) is 3.67. The lowest BCUT2D eigenvalue weighted by molar-refractivity contribution is 0.520. The molecule has 1 aromatic carbocycles. The molecule has 0 saturated heterocycles. The van der Waals surface area contributed by atoms with E-state index in [-0.39, 0.29) is 9.79 Å². The van der Waals surface area contributed by atoms with Gasteiger partial charge in [0.05, 0.1) is 9.79 Å². The minimum Gasteiger partial charge on any atom is -0.224 e. The van der Waals surface area contributed by atoms with Gasteiger partial charge in [-0.1, -0.05) is 0 Å². The molecule has 0 saturated carbocycles. The third-order valence-corrected chi connectivity index (χ3v) is 6.01. The molecule has 0 spiro atoms. The molecule has 0 atom stereocenters. The first-order valence-electron chi connectivity index (χ1n) is 4.49. The number of halogens is 1. The molecule has 96 valence electrons. The summed E-state index contributed by atoms with van der Waals surface area (Å²) in [5.74, 6) is 0. The molecule has 5 nitrogen and oxygen atoms in total. The number of nitrogens with zero attached hydrogens (tertiary/aromatic N) is 1. The second kappa shape index (κ2) is 4.68. The predicted molar refractivity (Wildman–Crippen MR) is 68.1 cm³/mol. The summed E-state index contributed by atoms with van der Waals surface area (Å²) in [5.41, 5.74) is 0. The van der Waals surface area contributed by atoms with Gasteiger partial charge < -0.3 is 0 Å². The van der Waals surface area contributed by atoms with Gasteiger partial charge >= 0.3 is 0 Å². The topological polar surface area (TPSA) is 71.5 Å². The molecule has 1 rings (SSSR count). The Labute approximate surface area is 110 Å². The minimum absolute atomic E-state index is 0.0267. The SMILES string of the molecule is CN(C)S(=O)(=O)c1cc(S(C)(=O)=O)ccc1Br. The van der Waals surface area contributed by atoms with Crippen molar-refractivity contribution < 1.29 is 16.8 Å². The molecule has 0 aliphatic carbocycles. The van der Waals surface area contributed by atoms with Gasteiger partial charge in [0.2, 0.25) is 10.0 Å². The van der Waals surface area contributed by atoms with E-state index in [9.17, 15) is 16.8 Å². The van der Waals surface area contributed by atoms with Crippen molar-refractivity contribution in [2.24, 2.45) is 0 Å². The smallest absolute Gasteiger partial charge is 0.224 e. The number of sulfone groups is 1. The molecule has 0 heterocycles. The van der Waals surface area contributed by atoms with Crippen LogP contribution in [0.3, 0.4) is 0 Å². The summed E-state index contributed by atoms with van der Waals surface area (Å²) in [6.45, 7) is 0. The molecule has 0 aromatic heterocycles. The standard InChI is InChI=1S/C9H12BrNO4S2/c1-11(2)17(14,15)9-6-7(16(3,12)13)4-5-8(9)10/h4-6H,1-3H3. The third kappa shape index (κ3) is 3.06. The number of benzene rings is 1. The average molecular weight is 342 g/mol. The molecular weight excluding hydrogens is 330 g/mol. The third-order valence-electron chi connectivity index (χ3n) is 2.09. The van der Waals surface area contributed by atoms with Crippen LogP contribution in [0, 0.1) is 0 Å². The molecule has 0 amide bonds. The van der Waals surface area contributed by atoms with E-state index in [0.29, 0.717) is 4.47 Å². The first kappa shape index (κ1) is 14.6. The van der Waals surface area contributed by atoms with E-state index in [0.717, 1.165) is 16.6 Å². The van der Waals surface area contributed by atoms with Crippen LogP contribution in [0.5, 0.6) is 0 Å². The molecule has 0 aliphatic heterocycles. The summed E-state index contributed by atoms with van der Waals surface area (Å²) in [4.78, 5) is -0.0912. The van der Waals surface area contributed by atoms with Gasteiger partial charge in [0.1, 0.15) is 0 Å².